The summed E-state index contributed by atoms with van der Waals surface area (Å²) in [5.74, 6) is 0.109. The molecular weight excluding hydrogens is 400 g/mol. The first-order chi connectivity index (χ1) is 14.2. The van der Waals surface area contributed by atoms with Crippen LogP contribution < -0.4 is 15.4 Å². The second kappa shape index (κ2) is 7.81. The van der Waals surface area contributed by atoms with Crippen molar-refractivity contribution in [2.24, 2.45) is 0 Å². The number of rotatable bonds is 6. The number of nitrogens with zero attached hydrogens (tertiary/aromatic N) is 2. The Morgan fingerprint density at radius 1 is 1.03 bits per heavy atom. The van der Waals surface area contributed by atoms with Crippen LogP contribution in [0.5, 0.6) is 5.75 Å². The molecule has 0 aliphatic heterocycles. The number of aromatic nitrogens is 2. The quantitative estimate of drug-likeness (QED) is 0.495. The van der Waals surface area contributed by atoms with Gasteiger partial charge in [0.25, 0.3) is 0 Å². The Bertz CT molecular complexity index is 1070. The minimum absolute atomic E-state index is 0.278. The molecule has 3 aromatic rings. The van der Waals surface area contributed by atoms with Crippen LogP contribution in [0.3, 0.4) is 0 Å². The fraction of sp³-hybridized carbons (Fsp3) is 0.238. The molecule has 30 heavy (non-hydrogen) atoms. The van der Waals surface area contributed by atoms with Gasteiger partial charge in [-0.2, -0.15) is 4.98 Å². The molecule has 0 saturated heterocycles. The highest BCUT2D eigenvalue weighted by molar-refractivity contribution is 5.69. The summed E-state index contributed by atoms with van der Waals surface area (Å²) in [6, 6.07) is 11.8. The molecule has 0 atom stereocenters. The van der Waals surface area contributed by atoms with Gasteiger partial charge in [-0.05, 0) is 55.7 Å². The molecule has 5 nitrogen and oxygen atoms in total. The van der Waals surface area contributed by atoms with Crippen molar-refractivity contribution in [2.75, 3.05) is 10.6 Å². The average Bonchev–Trinajstić information content (AvgIpc) is 3.47. The number of alkyl halides is 3. The van der Waals surface area contributed by atoms with Crippen LogP contribution in [-0.2, 0) is 0 Å². The molecule has 1 fully saturated rings. The van der Waals surface area contributed by atoms with E-state index in [-0.39, 0.29) is 17.6 Å². The molecule has 0 spiro atoms. The summed E-state index contributed by atoms with van der Waals surface area (Å²) < 4.78 is 55.1. The van der Waals surface area contributed by atoms with Crippen LogP contribution in [0.15, 0.2) is 48.5 Å². The summed E-state index contributed by atoms with van der Waals surface area (Å²) in [5.41, 5.74) is 2.21. The van der Waals surface area contributed by atoms with Gasteiger partial charge in [-0.3, -0.25) is 0 Å². The molecule has 0 radical (unpaired) electrons. The molecule has 2 N–H and O–H groups in total. The van der Waals surface area contributed by atoms with Crippen molar-refractivity contribution in [2.45, 2.75) is 32.2 Å². The van der Waals surface area contributed by atoms with Gasteiger partial charge in [0.05, 0.1) is 5.69 Å². The minimum Gasteiger partial charge on any atom is -0.406 e. The van der Waals surface area contributed by atoms with Crippen LogP contribution in [-0.4, -0.2) is 22.4 Å². The molecule has 0 bridgehead atoms. The minimum atomic E-state index is -4.78. The second-order valence-electron chi connectivity index (χ2n) is 7.04. The third kappa shape index (κ3) is 5.16. The molecule has 1 saturated carbocycles. The highest BCUT2D eigenvalue weighted by atomic mass is 19.4. The van der Waals surface area contributed by atoms with E-state index in [1.54, 1.807) is 25.1 Å². The van der Waals surface area contributed by atoms with Gasteiger partial charge >= 0.3 is 6.36 Å². The third-order valence-electron chi connectivity index (χ3n) is 4.45. The molecule has 0 amide bonds. The molecular formula is C21H18F4N4O. The maximum atomic E-state index is 13.4. The highest BCUT2D eigenvalue weighted by Crippen LogP contribution is 2.31. The van der Waals surface area contributed by atoms with E-state index in [1.165, 1.54) is 30.3 Å². The lowest BCUT2D eigenvalue weighted by Crippen LogP contribution is -2.17. The summed E-state index contributed by atoms with van der Waals surface area (Å²) in [5, 5.41) is 6.32. The van der Waals surface area contributed by atoms with Gasteiger partial charge in [0, 0.05) is 23.4 Å². The fourth-order valence-electron chi connectivity index (χ4n) is 2.89. The summed E-state index contributed by atoms with van der Waals surface area (Å²) >= 11 is 0. The normalized spacial score (nSPS) is 13.8. The number of hydrogen-bond donors (Lipinski definition) is 2. The Morgan fingerprint density at radius 3 is 2.53 bits per heavy atom. The van der Waals surface area contributed by atoms with E-state index in [4.69, 9.17) is 0 Å². The molecule has 2 aromatic carbocycles. The van der Waals surface area contributed by atoms with E-state index in [0.717, 1.165) is 12.8 Å². The molecule has 4 rings (SSSR count). The number of benzene rings is 2. The number of halogens is 4. The first-order valence-corrected chi connectivity index (χ1v) is 9.30. The Balaban J connectivity index is 1.68. The number of nitrogens with one attached hydrogen (secondary N) is 2. The molecule has 1 aliphatic rings. The Morgan fingerprint density at radius 2 is 1.83 bits per heavy atom. The number of anilines is 3. The molecule has 1 aliphatic carbocycles. The number of aryl methyl sites for hydroxylation is 1. The van der Waals surface area contributed by atoms with Crippen LogP contribution in [0.4, 0.5) is 35.0 Å². The lowest BCUT2D eigenvalue weighted by atomic mass is 10.1. The predicted molar refractivity (Wildman–Crippen MR) is 105 cm³/mol. The first-order valence-electron chi connectivity index (χ1n) is 9.30. The van der Waals surface area contributed by atoms with Crippen LogP contribution >= 0.6 is 0 Å². The van der Waals surface area contributed by atoms with E-state index >= 15 is 0 Å². The van der Waals surface area contributed by atoms with Gasteiger partial charge in [0.15, 0.2) is 0 Å². The number of ether oxygens (including phenoxy) is 1. The maximum absolute atomic E-state index is 13.4. The Labute approximate surface area is 170 Å². The lowest BCUT2D eigenvalue weighted by Gasteiger charge is -2.14. The topological polar surface area (TPSA) is 59.1 Å². The van der Waals surface area contributed by atoms with Gasteiger partial charge in [-0.25, -0.2) is 9.37 Å². The SMILES string of the molecule is Cc1cc(F)ccc1Nc1cc(-c2cccc(OC(F)(F)F)c2)nc(NC2CC2)n1. The largest absolute Gasteiger partial charge is 0.573 e. The maximum Gasteiger partial charge on any atom is 0.573 e. The number of hydrogen-bond acceptors (Lipinski definition) is 5. The lowest BCUT2D eigenvalue weighted by molar-refractivity contribution is -0.274. The Kier molecular flexibility index (Phi) is 5.19. The van der Waals surface area contributed by atoms with Crippen LogP contribution in [0, 0.1) is 12.7 Å². The predicted octanol–water partition coefficient (Wildman–Crippen LogP) is 5.81. The Hall–Kier alpha value is -3.36. The first kappa shape index (κ1) is 19.9. The van der Waals surface area contributed by atoms with Crippen molar-refractivity contribution < 1.29 is 22.3 Å². The van der Waals surface area contributed by atoms with Crippen molar-refractivity contribution in [3.63, 3.8) is 0 Å². The smallest absolute Gasteiger partial charge is 0.406 e. The van der Waals surface area contributed by atoms with Gasteiger partial charge < -0.3 is 15.4 Å². The molecule has 156 valence electrons. The molecule has 1 aromatic heterocycles. The van der Waals surface area contributed by atoms with E-state index < -0.39 is 6.36 Å². The van der Waals surface area contributed by atoms with E-state index in [1.807, 2.05) is 0 Å². The van der Waals surface area contributed by atoms with E-state index in [2.05, 4.69) is 25.3 Å². The van der Waals surface area contributed by atoms with E-state index in [9.17, 15) is 17.6 Å². The van der Waals surface area contributed by atoms with Crippen molar-refractivity contribution in [3.05, 3.63) is 59.9 Å². The standard InChI is InChI=1S/C21H18F4N4O/c1-12-9-14(22)5-8-17(12)27-19-11-18(28-20(29-19)26-15-6-7-15)13-3-2-4-16(10-13)30-21(23,24)25/h2-5,8-11,15H,6-7H2,1H3,(H2,26,27,28,29). The van der Waals surface area contributed by atoms with Gasteiger partial charge in [0.1, 0.15) is 17.4 Å². The summed E-state index contributed by atoms with van der Waals surface area (Å²) in [7, 11) is 0. The van der Waals surface area contributed by atoms with Crippen molar-refractivity contribution in [1.29, 1.82) is 0 Å². The van der Waals surface area contributed by atoms with Crippen LogP contribution in [0.2, 0.25) is 0 Å². The molecule has 1 heterocycles. The summed E-state index contributed by atoms with van der Waals surface area (Å²) in [6.07, 6.45) is -2.78. The van der Waals surface area contributed by atoms with Crippen LogP contribution in [0.1, 0.15) is 18.4 Å². The second-order valence-corrected chi connectivity index (χ2v) is 7.04. The summed E-state index contributed by atoms with van der Waals surface area (Å²) in [6.45, 7) is 1.76. The molecule has 0 unspecified atom stereocenters. The van der Waals surface area contributed by atoms with Crippen molar-refractivity contribution in [3.8, 4) is 17.0 Å². The van der Waals surface area contributed by atoms with Gasteiger partial charge in [0.2, 0.25) is 5.95 Å². The van der Waals surface area contributed by atoms with Crippen LogP contribution in [0.25, 0.3) is 11.3 Å². The van der Waals surface area contributed by atoms with Gasteiger partial charge in [-0.1, -0.05) is 12.1 Å². The monoisotopic (exact) mass is 418 g/mol. The highest BCUT2D eigenvalue weighted by Gasteiger charge is 2.31. The van der Waals surface area contributed by atoms with Gasteiger partial charge in [-0.15, -0.1) is 13.2 Å². The zero-order valence-electron chi connectivity index (χ0n) is 15.9. The average molecular weight is 418 g/mol. The zero-order valence-corrected chi connectivity index (χ0v) is 15.9. The van der Waals surface area contributed by atoms with Crippen molar-refractivity contribution in [1.82, 2.24) is 9.97 Å². The third-order valence-corrected chi connectivity index (χ3v) is 4.45. The van der Waals surface area contributed by atoms with E-state index in [0.29, 0.717) is 34.3 Å². The summed E-state index contributed by atoms with van der Waals surface area (Å²) in [4.78, 5) is 8.88. The van der Waals surface area contributed by atoms with Crippen molar-refractivity contribution >= 4 is 17.5 Å². The fourth-order valence-corrected chi connectivity index (χ4v) is 2.89. The zero-order chi connectivity index (χ0) is 21.3. The molecule has 9 heteroatoms.